The molecule has 4 aromatic rings. The Balaban J connectivity index is 1.43. The van der Waals surface area contributed by atoms with E-state index in [1.807, 2.05) is 13.0 Å². The molecule has 2 aromatic heterocycles. The smallest absolute Gasteiger partial charge is 0.228 e. The number of carbonyl (C=O) groups is 1. The number of halogens is 2. The van der Waals surface area contributed by atoms with Gasteiger partial charge in [-0.05, 0) is 31.7 Å². The van der Waals surface area contributed by atoms with Gasteiger partial charge in [0.1, 0.15) is 10.6 Å². The van der Waals surface area contributed by atoms with Crippen molar-refractivity contribution in [2.75, 3.05) is 58.0 Å². The van der Waals surface area contributed by atoms with E-state index in [1.54, 1.807) is 18.3 Å². The number of aromatic amines is 1. The number of hydrogen-bond acceptors (Lipinski definition) is 9. The number of carbonyl (C=O) groups excluding carboxylic acids is 1. The standard InChI is InChI=1S/C30H34F2N6O4S/c1-4-42-18-24(38-13-11-37(2)12-14-38)25(39)15-19-7-5-8-20-21(16-33-28(19)20)29-22(31)17-34-30(36-29)35-23-9-6-10-26(27(23)32)43(3,40)41/h5-10,16-17,24,33H,4,11-15,18H2,1-3H3,(H,34,35,36)/t24-/m1/s1. The van der Waals surface area contributed by atoms with Crippen LogP contribution in [-0.2, 0) is 25.8 Å². The molecule has 228 valence electrons. The molecule has 0 spiro atoms. The monoisotopic (exact) mass is 612 g/mol. The van der Waals surface area contributed by atoms with Crippen molar-refractivity contribution in [3.63, 3.8) is 0 Å². The van der Waals surface area contributed by atoms with Crippen LogP contribution in [0.3, 0.4) is 0 Å². The number of fused-ring (bicyclic) bond motifs is 1. The minimum Gasteiger partial charge on any atom is -0.380 e. The van der Waals surface area contributed by atoms with Crippen LogP contribution in [0.15, 0.2) is 53.7 Å². The lowest BCUT2D eigenvalue weighted by atomic mass is 9.99. The number of nitrogens with zero attached hydrogens (tertiary/aromatic N) is 4. The van der Waals surface area contributed by atoms with Gasteiger partial charge < -0.3 is 19.9 Å². The van der Waals surface area contributed by atoms with Crippen molar-refractivity contribution in [2.24, 2.45) is 0 Å². The number of sulfone groups is 1. The van der Waals surface area contributed by atoms with Crippen molar-refractivity contribution in [2.45, 2.75) is 24.3 Å². The van der Waals surface area contributed by atoms with Gasteiger partial charge in [0.05, 0.1) is 24.5 Å². The van der Waals surface area contributed by atoms with Crippen LogP contribution < -0.4 is 5.32 Å². The number of benzene rings is 2. The number of hydrogen-bond donors (Lipinski definition) is 2. The highest BCUT2D eigenvalue weighted by Crippen LogP contribution is 2.32. The van der Waals surface area contributed by atoms with Crippen LogP contribution in [0.1, 0.15) is 12.5 Å². The molecule has 0 amide bonds. The number of piperazine rings is 1. The zero-order chi connectivity index (χ0) is 30.7. The first kappa shape index (κ1) is 30.7. The lowest BCUT2D eigenvalue weighted by molar-refractivity contribution is -0.126. The van der Waals surface area contributed by atoms with Crippen molar-refractivity contribution in [1.29, 1.82) is 0 Å². The fourth-order valence-corrected chi connectivity index (χ4v) is 6.02. The lowest BCUT2D eigenvalue weighted by Gasteiger charge is -2.37. The maximum atomic E-state index is 15.1. The fourth-order valence-electron chi connectivity index (χ4n) is 5.26. The predicted molar refractivity (Wildman–Crippen MR) is 160 cm³/mol. The molecule has 2 aromatic carbocycles. The Morgan fingerprint density at radius 1 is 1.14 bits per heavy atom. The summed E-state index contributed by atoms with van der Waals surface area (Å²) in [6.45, 7) is 6.06. The second-order valence-electron chi connectivity index (χ2n) is 10.6. The molecule has 1 fully saturated rings. The van der Waals surface area contributed by atoms with Crippen LogP contribution in [0.4, 0.5) is 20.4 Å². The normalized spacial score (nSPS) is 15.6. The van der Waals surface area contributed by atoms with Crippen LogP contribution in [0.25, 0.3) is 22.2 Å². The number of rotatable bonds is 11. The zero-order valence-electron chi connectivity index (χ0n) is 24.2. The number of ether oxygens (including phenoxy) is 1. The van der Waals surface area contributed by atoms with Crippen molar-refractivity contribution >= 4 is 38.2 Å². The van der Waals surface area contributed by atoms with Crippen molar-refractivity contribution in [1.82, 2.24) is 24.8 Å². The molecule has 0 aliphatic carbocycles. The van der Waals surface area contributed by atoms with Gasteiger partial charge in [0.25, 0.3) is 0 Å². The maximum absolute atomic E-state index is 15.1. The van der Waals surface area contributed by atoms with Crippen molar-refractivity contribution in [3.8, 4) is 11.3 Å². The van der Waals surface area contributed by atoms with E-state index < -0.39 is 26.4 Å². The molecule has 43 heavy (non-hydrogen) atoms. The zero-order valence-corrected chi connectivity index (χ0v) is 25.0. The van der Waals surface area contributed by atoms with Gasteiger partial charge in [-0.2, -0.15) is 0 Å². The van der Waals surface area contributed by atoms with E-state index in [2.05, 4.69) is 37.1 Å². The second kappa shape index (κ2) is 12.8. The number of para-hydroxylation sites is 1. The number of likely N-dealkylation sites (N-methyl/N-ethyl adjacent to an activating group) is 1. The Morgan fingerprint density at radius 2 is 1.88 bits per heavy atom. The molecule has 1 aliphatic heterocycles. The van der Waals surface area contributed by atoms with Gasteiger partial charge in [0.2, 0.25) is 5.95 Å². The molecule has 10 nitrogen and oxygen atoms in total. The highest BCUT2D eigenvalue weighted by Gasteiger charge is 2.29. The number of ketones is 1. The van der Waals surface area contributed by atoms with Gasteiger partial charge >= 0.3 is 0 Å². The molecule has 0 radical (unpaired) electrons. The number of aromatic nitrogens is 3. The van der Waals surface area contributed by atoms with Gasteiger partial charge in [-0.15, -0.1) is 0 Å². The third-order valence-corrected chi connectivity index (χ3v) is 8.72. The van der Waals surface area contributed by atoms with E-state index >= 15 is 4.39 Å². The minimum absolute atomic E-state index is 0.0414. The summed E-state index contributed by atoms with van der Waals surface area (Å²) in [6, 6.07) is 8.99. The first-order valence-corrected chi connectivity index (χ1v) is 15.9. The van der Waals surface area contributed by atoms with Crippen LogP contribution in [-0.4, -0.2) is 97.7 Å². The molecule has 0 bridgehead atoms. The van der Waals surface area contributed by atoms with E-state index in [4.69, 9.17) is 4.74 Å². The van der Waals surface area contributed by atoms with Gasteiger partial charge in [0.15, 0.2) is 27.3 Å². The molecule has 5 rings (SSSR count). The summed E-state index contributed by atoms with van der Waals surface area (Å²) in [6.07, 6.45) is 3.64. The fraction of sp³-hybridized carbons (Fsp3) is 0.367. The summed E-state index contributed by atoms with van der Waals surface area (Å²) in [4.78, 5) is 28.9. The van der Waals surface area contributed by atoms with E-state index in [-0.39, 0.29) is 35.6 Å². The Hall–Kier alpha value is -3.78. The summed E-state index contributed by atoms with van der Waals surface area (Å²) < 4.78 is 59.5. The molecule has 1 saturated heterocycles. The maximum Gasteiger partial charge on any atom is 0.228 e. The van der Waals surface area contributed by atoms with E-state index in [1.165, 1.54) is 12.1 Å². The van der Waals surface area contributed by atoms with Crippen LogP contribution >= 0.6 is 0 Å². The molecule has 13 heteroatoms. The van der Waals surface area contributed by atoms with Gasteiger partial charge in [-0.3, -0.25) is 9.69 Å². The largest absolute Gasteiger partial charge is 0.380 e. The third kappa shape index (κ3) is 6.74. The van der Waals surface area contributed by atoms with Gasteiger partial charge in [-0.25, -0.2) is 27.2 Å². The first-order chi connectivity index (χ1) is 20.6. The second-order valence-corrected chi connectivity index (χ2v) is 12.6. The van der Waals surface area contributed by atoms with E-state index in [9.17, 15) is 17.6 Å². The average Bonchev–Trinajstić information content (AvgIpc) is 3.40. The molecule has 3 heterocycles. The topological polar surface area (TPSA) is 121 Å². The highest BCUT2D eigenvalue weighted by molar-refractivity contribution is 7.90. The Kier molecular flexibility index (Phi) is 9.16. The molecular formula is C30H34F2N6O4S. The number of Topliss-reactive ketones (excluding diaryl/α,β-unsaturated/α-hetero) is 1. The number of anilines is 2. The van der Waals surface area contributed by atoms with Crippen molar-refractivity contribution < 1.29 is 26.7 Å². The summed E-state index contributed by atoms with van der Waals surface area (Å²) in [7, 11) is -1.75. The molecule has 0 unspecified atom stereocenters. The molecule has 0 saturated carbocycles. The van der Waals surface area contributed by atoms with Crippen LogP contribution in [0, 0.1) is 11.6 Å². The minimum atomic E-state index is -3.81. The average molecular weight is 613 g/mol. The molecule has 2 N–H and O–H groups in total. The van der Waals surface area contributed by atoms with E-state index in [0.717, 1.165) is 50.3 Å². The highest BCUT2D eigenvalue weighted by atomic mass is 32.2. The molecule has 1 atom stereocenters. The first-order valence-electron chi connectivity index (χ1n) is 14.0. The lowest BCUT2D eigenvalue weighted by Crippen LogP contribution is -2.53. The Bertz CT molecular complexity index is 1740. The van der Waals surface area contributed by atoms with Crippen LogP contribution in [0.5, 0.6) is 0 Å². The number of nitrogens with one attached hydrogen (secondary N) is 2. The predicted octanol–water partition coefficient (Wildman–Crippen LogP) is 3.81. The molecular weight excluding hydrogens is 578 g/mol. The SMILES string of the molecule is CCOC[C@H](C(=O)Cc1cccc2c(-c3nc(Nc4cccc(S(C)(=O)=O)c4F)ncc3F)c[nH]c12)N1CCN(C)CC1. The quantitative estimate of drug-likeness (QED) is 0.261. The Morgan fingerprint density at radius 3 is 2.60 bits per heavy atom. The van der Waals surface area contributed by atoms with Gasteiger partial charge in [-0.1, -0.05) is 24.3 Å². The third-order valence-electron chi connectivity index (χ3n) is 7.61. The summed E-state index contributed by atoms with van der Waals surface area (Å²) >= 11 is 0. The van der Waals surface area contributed by atoms with Crippen LogP contribution in [0.2, 0.25) is 0 Å². The van der Waals surface area contributed by atoms with Crippen molar-refractivity contribution in [3.05, 3.63) is 66.0 Å². The molecule has 1 aliphatic rings. The summed E-state index contributed by atoms with van der Waals surface area (Å²) in [5.41, 5.74) is 1.67. The summed E-state index contributed by atoms with van der Waals surface area (Å²) in [5, 5.41) is 3.31. The number of H-pyrrole nitrogens is 1. The Labute approximate surface area is 249 Å². The summed E-state index contributed by atoms with van der Waals surface area (Å²) in [5.74, 6) is -1.77. The van der Waals surface area contributed by atoms with E-state index in [0.29, 0.717) is 29.7 Å². The van der Waals surface area contributed by atoms with Gasteiger partial charge in [0, 0.05) is 68.1 Å².